The molecule has 0 amide bonds. The Morgan fingerprint density at radius 2 is 0.793 bits per heavy atom. The quantitative estimate of drug-likeness (QED) is 0.00539. The van der Waals surface area contributed by atoms with E-state index >= 15 is 0 Å². The normalized spacial score (nSPS) is 7.28. The third-order valence-corrected chi connectivity index (χ3v) is 6.38. The van der Waals surface area contributed by atoms with Crippen molar-refractivity contribution in [2.75, 3.05) is 77.8 Å². The van der Waals surface area contributed by atoms with Gasteiger partial charge in [0.15, 0.2) is 0 Å². The molecule has 0 heterocycles. The van der Waals surface area contributed by atoms with E-state index in [-0.39, 0.29) is 118 Å². The fourth-order valence-electron chi connectivity index (χ4n) is 2.30. The van der Waals surface area contributed by atoms with Crippen LogP contribution in [0.5, 0.6) is 0 Å². The maximum atomic E-state index is 10.9. The van der Waals surface area contributed by atoms with Gasteiger partial charge >= 0.3 is 35.8 Å². The van der Waals surface area contributed by atoms with Crippen LogP contribution < -0.4 is 4.84 Å². The maximum absolute atomic E-state index is 10.9. The number of ether oxygens (including phenoxy) is 4. The summed E-state index contributed by atoms with van der Waals surface area (Å²) in [6.07, 6.45) is 8.93. The Balaban J connectivity index is -0.0000000723. The van der Waals surface area contributed by atoms with Crippen molar-refractivity contribution in [2.24, 2.45) is 15.3 Å². The third kappa shape index (κ3) is 145. The van der Waals surface area contributed by atoms with Gasteiger partial charge in [-0.15, -0.1) is 12.3 Å². The Hall–Kier alpha value is -7.80. The molecule has 6 N–H and O–H groups in total. The lowest BCUT2D eigenvalue weighted by Gasteiger charge is -1.99. The highest BCUT2D eigenvalue weighted by Crippen LogP contribution is 1.89. The van der Waals surface area contributed by atoms with Gasteiger partial charge in [0, 0.05) is 78.9 Å². The molecule has 0 aliphatic carbocycles. The minimum atomic E-state index is -1.11. The van der Waals surface area contributed by atoms with Crippen molar-refractivity contribution in [3.63, 3.8) is 0 Å². The maximum Gasteiger partial charge on any atom is 0.321 e. The molecule has 0 rings (SSSR count). The smallest absolute Gasteiger partial charge is 0.321 e. The predicted molar refractivity (Wildman–Crippen MR) is 317 cm³/mol. The van der Waals surface area contributed by atoms with E-state index in [4.69, 9.17) is 102 Å². The molecule has 0 spiro atoms. The molecule has 0 saturated carbocycles. The van der Waals surface area contributed by atoms with Crippen LogP contribution in [0.4, 0.5) is 0 Å². The van der Waals surface area contributed by atoms with E-state index in [1.54, 1.807) is 20.8 Å². The summed E-state index contributed by atoms with van der Waals surface area (Å²) in [4.78, 5) is 90.5. The highest BCUT2D eigenvalue weighted by atomic mass is 79.9. The van der Waals surface area contributed by atoms with Crippen molar-refractivity contribution >= 4 is 97.2 Å². The third-order valence-electron chi connectivity index (χ3n) is 5.38. The number of carboxylic acids is 2. The van der Waals surface area contributed by atoms with Crippen molar-refractivity contribution in [3.05, 3.63) is 31.3 Å². The van der Waals surface area contributed by atoms with Crippen LogP contribution in [0.3, 0.4) is 0 Å². The Morgan fingerprint density at radius 3 is 1.00 bits per heavy atom. The van der Waals surface area contributed by atoms with E-state index in [9.17, 15) is 38.4 Å². The van der Waals surface area contributed by atoms with Crippen molar-refractivity contribution in [3.8, 4) is 83.4 Å². The molecule has 0 saturated heterocycles. The Morgan fingerprint density at radius 1 is 0.500 bits per heavy atom. The average molecular weight is 1290 g/mol. The molecule has 460 valence electrons. The van der Waals surface area contributed by atoms with Crippen molar-refractivity contribution in [1.29, 1.82) is 0 Å². The van der Waals surface area contributed by atoms with Crippen LogP contribution >= 0.6 is 50.9 Å². The van der Waals surface area contributed by atoms with Crippen molar-refractivity contribution in [1.82, 2.24) is 4.84 Å². The number of carboxylic acid groups (broad SMARTS) is 2. The van der Waals surface area contributed by atoms with Gasteiger partial charge in [0.1, 0.15) is 57.9 Å². The van der Waals surface area contributed by atoms with Crippen LogP contribution in [0.1, 0.15) is 115 Å². The lowest BCUT2D eigenvalue weighted by Crippen LogP contribution is -2.17. The number of aliphatic carboxylic acids is 2. The average Bonchev–Trinajstić information content (AvgIpc) is 3.42. The first-order valence-electron chi connectivity index (χ1n) is 21.8. The molecule has 0 aromatic rings. The summed E-state index contributed by atoms with van der Waals surface area (Å²) in [5.74, 6) is 30.5. The minimum Gasteiger partial charge on any atom is -0.481 e. The second-order valence-corrected chi connectivity index (χ2v) is 13.2. The molecular weight excluding hydrogens is 1210 g/mol. The summed E-state index contributed by atoms with van der Waals surface area (Å²) in [5.41, 5.74) is 23.0. The minimum absolute atomic E-state index is 0. The molecule has 0 aliphatic rings. The van der Waals surface area contributed by atoms with Crippen LogP contribution in [0.2, 0.25) is 0 Å². The molecule has 27 nitrogen and oxygen atoms in total. The standard InChI is InChI=1S/C13H16ClNO4.C13H15N3O4.C8H10O2.C4H6O.C3H5ClO.C2H3BrO2.C2H2ClN3O.C2H3N3O2.4CH4/c1-2-12(16)18-9-7-5-3-4-6-8-10-19-13(17)11-15-14;1-2-12(17)19-9-7-5-3-4-6-8-10-20-13(18)11-15-16-14;9-7-5-3-1-2-4-6-8-10;1-2-3-4-5;1-2-3(4)5;3-1-2(4)5;3-2(7)1-5-6-4;3-5-4-1-2(6)7;;;;/h15H,2,7-11H2,1H3;2,7-11H2,1H3;9-10H,5-8H2;1,5H,3-4H2;2H2,1H3;1H2,(H,4,5);1H2;1H2,(H,6,7);4*1H4. The van der Waals surface area contributed by atoms with E-state index < -0.39 is 35.7 Å². The van der Waals surface area contributed by atoms with Gasteiger partial charge in [0.2, 0.25) is 10.5 Å². The molecule has 82 heavy (non-hydrogen) atoms. The summed E-state index contributed by atoms with van der Waals surface area (Å²) >= 11 is 17.4. The monoisotopic (exact) mass is 1280 g/mol. The molecule has 0 unspecified atom stereocenters. The SMILES string of the molecule is C.C.C.C.C#CCCO.CCC(=O)Cl.CCC(=O)OCCC#CC#CCCOC(=O)CN=[N+]=[N-].CCC(=O)OCCC#CC#CCCOC(=O)CNCl.O=C(O)CBr.OCCC#CC#CCCO.[N-]=[N+]=NCC(=O)Cl.[N-]=[N+]=NCC(=O)O. The molecule has 0 fully saturated rings. The molecule has 31 heteroatoms. The number of terminal acetylenes is 1. The summed E-state index contributed by atoms with van der Waals surface area (Å²) < 4.78 is 19.1. The number of halogens is 4. The topological polar surface area (TPSA) is 433 Å². The number of esters is 4. The van der Waals surface area contributed by atoms with Gasteiger partial charge in [-0.2, -0.15) is 0 Å². The first-order valence-corrected chi connectivity index (χ1v) is 24.1. The number of nitrogens with one attached hydrogen (secondary N) is 1. The van der Waals surface area contributed by atoms with Crippen molar-refractivity contribution in [2.45, 2.75) is 115 Å². The van der Waals surface area contributed by atoms with E-state index in [1.807, 2.05) is 0 Å². The van der Waals surface area contributed by atoms with Gasteiger partial charge in [-0.1, -0.05) is 117 Å². The fourth-order valence-corrected chi connectivity index (χ4v) is 2.47. The lowest BCUT2D eigenvalue weighted by atomic mass is 10.4. The molecule has 0 aromatic heterocycles. The van der Waals surface area contributed by atoms with E-state index in [0.29, 0.717) is 64.2 Å². The number of carbonyl (C=O) groups excluding carboxylic acids is 6. The number of carbonyl (C=O) groups is 8. The lowest BCUT2D eigenvalue weighted by molar-refractivity contribution is -0.143. The van der Waals surface area contributed by atoms with Gasteiger partial charge in [0.05, 0.1) is 19.8 Å². The molecular formula is C51H76BrCl3N10O17. The van der Waals surface area contributed by atoms with Gasteiger partial charge in [-0.3, -0.25) is 38.4 Å². The summed E-state index contributed by atoms with van der Waals surface area (Å²) in [6, 6.07) is 0. The van der Waals surface area contributed by atoms with E-state index in [1.165, 1.54) is 0 Å². The number of azide groups is 3. The highest BCUT2D eigenvalue weighted by Gasteiger charge is 2.00. The van der Waals surface area contributed by atoms with Gasteiger partial charge in [-0.05, 0) is 87.1 Å². The number of aliphatic hydroxyl groups excluding tert-OH is 3. The number of rotatable bonds is 23. The zero-order valence-corrected chi connectivity index (χ0v) is 46.7. The molecule has 0 bridgehead atoms. The summed E-state index contributed by atoms with van der Waals surface area (Å²) in [7, 11) is 0. The molecule has 0 atom stereocenters. The highest BCUT2D eigenvalue weighted by molar-refractivity contribution is 9.09. The van der Waals surface area contributed by atoms with Crippen LogP contribution in [0.25, 0.3) is 31.3 Å². The molecule has 0 aliphatic heterocycles. The van der Waals surface area contributed by atoms with E-state index in [0.717, 1.165) is 0 Å². The van der Waals surface area contributed by atoms with Crippen LogP contribution in [-0.4, -0.2) is 150 Å². The summed E-state index contributed by atoms with van der Waals surface area (Å²) in [5, 5.41) is 47.7. The van der Waals surface area contributed by atoms with Gasteiger partial charge in [0.25, 0.3) is 0 Å². The van der Waals surface area contributed by atoms with Crippen LogP contribution in [-0.2, 0) is 57.3 Å². The van der Waals surface area contributed by atoms with Crippen LogP contribution in [0, 0.1) is 83.4 Å². The second kappa shape index (κ2) is 98.6. The second-order valence-electron chi connectivity index (χ2n) is 11.5. The zero-order valence-electron chi connectivity index (χ0n) is 42.8. The molecule has 0 aromatic carbocycles. The number of aliphatic hydroxyl groups is 3. The predicted octanol–water partition coefficient (Wildman–Crippen LogP) is 7.97. The number of hydrogen-bond donors (Lipinski definition) is 6. The fraction of sp³-hybridized carbons (Fsp3) is 0.569. The van der Waals surface area contributed by atoms with Gasteiger partial charge in [-0.25, -0.2) is 4.84 Å². The van der Waals surface area contributed by atoms with E-state index in [2.05, 4.69) is 128 Å². The summed E-state index contributed by atoms with van der Waals surface area (Å²) in [6.45, 7) is 5.22. The number of hydrogen-bond acceptors (Lipinski definition) is 19. The van der Waals surface area contributed by atoms with Crippen LogP contribution in [0.15, 0.2) is 15.3 Å². The molecule has 0 radical (unpaired) electrons. The first-order chi connectivity index (χ1) is 37.3. The largest absolute Gasteiger partial charge is 0.481 e. The van der Waals surface area contributed by atoms with Gasteiger partial charge < -0.3 is 44.5 Å². The number of alkyl halides is 1. The Labute approximate surface area is 505 Å². The Kier molecular flexibility index (Phi) is 124. The Bertz CT molecular complexity index is 2230. The first kappa shape index (κ1) is 103. The zero-order chi connectivity index (χ0) is 61.1. The van der Waals surface area contributed by atoms with Crippen molar-refractivity contribution < 1.29 is 82.8 Å². The number of nitrogens with zero attached hydrogens (tertiary/aromatic N) is 9.